The highest BCUT2D eigenvalue weighted by molar-refractivity contribution is 5.57. The molecule has 0 aromatic heterocycles. The van der Waals surface area contributed by atoms with Crippen LogP contribution in [0.15, 0.2) is 0 Å². The van der Waals surface area contributed by atoms with Gasteiger partial charge in [-0.05, 0) is 25.7 Å². The lowest BCUT2D eigenvalue weighted by molar-refractivity contribution is 0.0422. The van der Waals surface area contributed by atoms with E-state index in [1.54, 1.807) is 0 Å². The summed E-state index contributed by atoms with van der Waals surface area (Å²) in [7, 11) is 0. The van der Waals surface area contributed by atoms with Crippen LogP contribution in [0.2, 0.25) is 0 Å². The molecule has 0 bridgehead atoms. The van der Waals surface area contributed by atoms with Gasteiger partial charge in [0.15, 0.2) is 0 Å². The van der Waals surface area contributed by atoms with E-state index in [1.807, 2.05) is 0 Å². The maximum absolute atomic E-state index is 10.9. The Labute approximate surface area is 169 Å². The number of rotatable bonds is 21. The predicted molar refractivity (Wildman–Crippen MR) is 117 cm³/mol. The summed E-state index contributed by atoms with van der Waals surface area (Å²) < 4.78 is 5.08. The molecule has 0 aromatic rings. The fourth-order valence-electron chi connectivity index (χ4n) is 3.77. The van der Waals surface area contributed by atoms with Crippen molar-refractivity contribution in [2.75, 3.05) is 0 Å². The number of unbranched alkanes of at least 4 members (excludes halogenated alkanes) is 16. The second-order valence-corrected chi connectivity index (χ2v) is 8.24. The lowest BCUT2D eigenvalue weighted by Gasteiger charge is -2.15. The van der Waals surface area contributed by atoms with Gasteiger partial charge in [-0.15, -0.1) is 0 Å². The first-order valence-electron chi connectivity index (χ1n) is 12.1. The number of ether oxygens (including phenoxy) is 1. The van der Waals surface area contributed by atoms with E-state index < -0.39 is 6.16 Å². The Morgan fingerprint density at radius 1 is 0.593 bits per heavy atom. The molecular weight excluding hydrogens is 336 g/mol. The molecule has 0 aliphatic heterocycles. The Morgan fingerprint density at radius 2 is 0.889 bits per heavy atom. The summed E-state index contributed by atoms with van der Waals surface area (Å²) in [6, 6.07) is 0. The van der Waals surface area contributed by atoms with Crippen LogP contribution in [0.1, 0.15) is 142 Å². The van der Waals surface area contributed by atoms with Crippen molar-refractivity contribution < 1.29 is 14.6 Å². The Morgan fingerprint density at radius 3 is 1.19 bits per heavy atom. The minimum Gasteiger partial charge on any atom is -0.450 e. The molecule has 0 saturated heterocycles. The van der Waals surface area contributed by atoms with E-state index in [9.17, 15) is 4.79 Å². The normalized spacial score (nSPS) is 12.2. The fourth-order valence-corrected chi connectivity index (χ4v) is 3.77. The Kier molecular flexibility index (Phi) is 21.0. The molecule has 0 amide bonds. The molecule has 0 aromatic carbocycles. The van der Waals surface area contributed by atoms with Crippen LogP contribution in [0.5, 0.6) is 0 Å². The van der Waals surface area contributed by atoms with Gasteiger partial charge in [0.05, 0.1) is 0 Å². The molecule has 3 nitrogen and oxygen atoms in total. The molecule has 0 heterocycles. The molecule has 1 atom stereocenters. The molecule has 0 aliphatic rings. The smallest absolute Gasteiger partial charge is 0.450 e. The largest absolute Gasteiger partial charge is 0.506 e. The van der Waals surface area contributed by atoms with E-state index in [-0.39, 0.29) is 6.10 Å². The van der Waals surface area contributed by atoms with Crippen LogP contribution in [0.3, 0.4) is 0 Å². The van der Waals surface area contributed by atoms with Crippen molar-refractivity contribution in [2.24, 2.45) is 0 Å². The van der Waals surface area contributed by atoms with Gasteiger partial charge in [-0.25, -0.2) is 4.79 Å². The maximum atomic E-state index is 10.9. The zero-order chi connectivity index (χ0) is 20.0. The van der Waals surface area contributed by atoms with Gasteiger partial charge in [0.2, 0.25) is 0 Å². The van der Waals surface area contributed by atoms with Gasteiger partial charge in [-0.1, -0.05) is 117 Å². The van der Waals surface area contributed by atoms with E-state index in [1.165, 1.54) is 103 Å². The summed E-state index contributed by atoms with van der Waals surface area (Å²) in [5.74, 6) is 0. The van der Waals surface area contributed by atoms with Crippen LogP contribution < -0.4 is 0 Å². The molecule has 0 saturated carbocycles. The Hall–Kier alpha value is -0.730. The van der Waals surface area contributed by atoms with Gasteiger partial charge < -0.3 is 9.84 Å². The number of carboxylic acid groups (broad SMARTS) is 1. The van der Waals surface area contributed by atoms with Crippen molar-refractivity contribution in [1.29, 1.82) is 0 Å². The van der Waals surface area contributed by atoms with E-state index in [2.05, 4.69) is 13.8 Å². The summed E-state index contributed by atoms with van der Waals surface area (Å²) in [5, 5.41) is 8.91. The van der Waals surface area contributed by atoms with Gasteiger partial charge in [-0.2, -0.15) is 0 Å². The summed E-state index contributed by atoms with van der Waals surface area (Å²) in [6.45, 7) is 4.49. The molecule has 162 valence electrons. The first-order valence-corrected chi connectivity index (χ1v) is 12.1. The highest BCUT2D eigenvalue weighted by Gasteiger charge is 2.12. The third kappa shape index (κ3) is 21.4. The summed E-state index contributed by atoms with van der Waals surface area (Å²) in [4.78, 5) is 10.9. The number of hydrogen-bond donors (Lipinski definition) is 1. The van der Waals surface area contributed by atoms with Crippen LogP contribution in [0.4, 0.5) is 4.79 Å². The van der Waals surface area contributed by atoms with Gasteiger partial charge in [0, 0.05) is 0 Å². The highest BCUT2D eigenvalue weighted by Crippen LogP contribution is 2.17. The molecular formula is C24H48O3. The second-order valence-electron chi connectivity index (χ2n) is 8.24. The van der Waals surface area contributed by atoms with E-state index >= 15 is 0 Å². The first-order chi connectivity index (χ1) is 13.2. The second kappa shape index (κ2) is 21.6. The van der Waals surface area contributed by atoms with Crippen molar-refractivity contribution in [1.82, 2.24) is 0 Å². The molecule has 0 radical (unpaired) electrons. The SMILES string of the molecule is CCCCCCCCCCCCCCCC(CCCCCCC)OC(=O)O. The van der Waals surface area contributed by atoms with Crippen molar-refractivity contribution in [3.63, 3.8) is 0 Å². The number of hydrogen-bond acceptors (Lipinski definition) is 2. The monoisotopic (exact) mass is 384 g/mol. The minimum atomic E-state index is -1.11. The van der Waals surface area contributed by atoms with Gasteiger partial charge in [-0.3, -0.25) is 0 Å². The van der Waals surface area contributed by atoms with E-state index in [0.717, 1.165) is 25.7 Å². The summed E-state index contributed by atoms with van der Waals surface area (Å²) >= 11 is 0. The maximum Gasteiger partial charge on any atom is 0.506 e. The fraction of sp³-hybridized carbons (Fsp3) is 0.958. The zero-order valence-corrected chi connectivity index (χ0v) is 18.5. The van der Waals surface area contributed by atoms with Crippen LogP contribution >= 0.6 is 0 Å². The average molecular weight is 385 g/mol. The van der Waals surface area contributed by atoms with Gasteiger partial charge in [0.25, 0.3) is 0 Å². The molecule has 0 aliphatic carbocycles. The predicted octanol–water partition coefficient (Wildman–Crippen LogP) is 8.89. The van der Waals surface area contributed by atoms with Crippen molar-refractivity contribution in [2.45, 2.75) is 148 Å². The van der Waals surface area contributed by atoms with Gasteiger partial charge >= 0.3 is 6.16 Å². The third-order valence-corrected chi connectivity index (χ3v) is 5.53. The molecule has 0 rings (SSSR count). The molecule has 3 heteroatoms. The summed E-state index contributed by atoms with van der Waals surface area (Å²) in [5.41, 5.74) is 0. The van der Waals surface area contributed by atoms with Crippen LogP contribution in [0.25, 0.3) is 0 Å². The highest BCUT2D eigenvalue weighted by atomic mass is 16.7. The van der Waals surface area contributed by atoms with Crippen LogP contribution in [-0.2, 0) is 4.74 Å². The standard InChI is InChI=1S/C24H48O3/c1-3-5-7-9-10-11-12-13-14-15-16-18-20-22-23(27-24(25)26)21-19-17-8-6-4-2/h23H,3-22H2,1-2H3,(H,25,26). The van der Waals surface area contributed by atoms with E-state index in [0.29, 0.717) is 0 Å². The van der Waals surface area contributed by atoms with Crippen molar-refractivity contribution >= 4 is 6.16 Å². The number of carbonyl (C=O) groups is 1. The van der Waals surface area contributed by atoms with Crippen LogP contribution in [0, 0.1) is 0 Å². The minimum absolute atomic E-state index is 0.0863. The first kappa shape index (κ1) is 26.3. The zero-order valence-electron chi connectivity index (χ0n) is 18.5. The third-order valence-electron chi connectivity index (χ3n) is 5.53. The molecule has 27 heavy (non-hydrogen) atoms. The van der Waals surface area contributed by atoms with Crippen molar-refractivity contribution in [3.05, 3.63) is 0 Å². The molecule has 1 N–H and O–H groups in total. The molecule has 1 unspecified atom stereocenters. The molecule has 0 fully saturated rings. The van der Waals surface area contributed by atoms with Gasteiger partial charge in [0.1, 0.15) is 6.10 Å². The lowest BCUT2D eigenvalue weighted by atomic mass is 10.0. The Bertz CT molecular complexity index is 304. The lowest BCUT2D eigenvalue weighted by Crippen LogP contribution is -2.16. The van der Waals surface area contributed by atoms with Crippen molar-refractivity contribution in [3.8, 4) is 0 Å². The Balaban J connectivity index is 3.47. The summed E-state index contributed by atoms with van der Waals surface area (Å²) in [6.07, 6.45) is 24.2. The van der Waals surface area contributed by atoms with E-state index in [4.69, 9.17) is 9.84 Å². The average Bonchev–Trinajstić information content (AvgIpc) is 2.64. The quantitative estimate of drug-likeness (QED) is 0.159. The molecule has 0 spiro atoms. The van der Waals surface area contributed by atoms with Crippen LogP contribution in [-0.4, -0.2) is 17.4 Å². The topological polar surface area (TPSA) is 46.5 Å².